The molecule has 0 aliphatic carbocycles. The summed E-state index contributed by atoms with van der Waals surface area (Å²) in [7, 11) is 0. The molecule has 0 saturated carbocycles. The van der Waals surface area contributed by atoms with Crippen LogP contribution in [0.2, 0.25) is 5.02 Å². The summed E-state index contributed by atoms with van der Waals surface area (Å²) >= 11 is 5.99. The molecule has 0 aliphatic rings. The highest BCUT2D eigenvalue weighted by Crippen LogP contribution is 2.16. The van der Waals surface area contributed by atoms with Crippen LogP contribution in [0.1, 0.15) is 5.56 Å². The fraction of sp³-hybridized carbons (Fsp3) is 0.0909. The minimum absolute atomic E-state index is 0. The molecule has 1 heterocycles. The molecule has 0 unspecified atom stereocenters. The lowest BCUT2D eigenvalue weighted by molar-refractivity contribution is -0.663. The number of hydrogen-bond donors (Lipinski definition) is 1. The largest absolute Gasteiger partial charge is 1.00 e. The lowest BCUT2D eigenvalue weighted by atomic mass is 10.2. The van der Waals surface area contributed by atoms with Crippen LogP contribution in [0, 0.1) is 0 Å². The molecule has 4 nitrogen and oxygen atoms in total. The van der Waals surface area contributed by atoms with Crippen molar-refractivity contribution in [2.45, 2.75) is 13.1 Å². The molecule has 28 heavy (non-hydrogen) atoms. The molecule has 142 valence electrons. The monoisotopic (exact) mass is 503 g/mol. The van der Waals surface area contributed by atoms with Crippen molar-refractivity contribution in [3.05, 3.63) is 95.8 Å². The number of carbonyl (C=O) groups is 1. The Kier molecular flexibility index (Phi) is 6.70. The van der Waals surface area contributed by atoms with Gasteiger partial charge in [0.05, 0.1) is 0 Å². The Labute approximate surface area is 185 Å². The van der Waals surface area contributed by atoms with Gasteiger partial charge in [-0.05, 0) is 35.9 Å². The second-order valence-corrected chi connectivity index (χ2v) is 6.84. The summed E-state index contributed by atoms with van der Waals surface area (Å²) in [5, 5.41) is 3.50. The number of amides is 1. The van der Waals surface area contributed by atoms with E-state index in [4.69, 9.17) is 11.6 Å². The summed E-state index contributed by atoms with van der Waals surface area (Å²) in [6.45, 7) is 0.985. The van der Waals surface area contributed by atoms with E-state index in [-0.39, 0.29) is 36.4 Å². The van der Waals surface area contributed by atoms with Crippen LogP contribution < -0.4 is 33.9 Å². The number of carbonyl (C=O) groups excluding carboxylic acids is 1. The Balaban J connectivity index is 0.00000225. The number of aromatic nitrogens is 2. The molecule has 0 atom stereocenters. The zero-order chi connectivity index (χ0) is 18.6. The van der Waals surface area contributed by atoms with Crippen LogP contribution >= 0.6 is 11.6 Å². The molecule has 0 radical (unpaired) electrons. The number of halogens is 2. The lowest BCUT2D eigenvalue weighted by Crippen LogP contribution is -3.00. The maximum absolute atomic E-state index is 12.5. The van der Waals surface area contributed by atoms with E-state index < -0.39 is 0 Å². The summed E-state index contributed by atoms with van der Waals surface area (Å²) in [4.78, 5) is 12.5. The second-order valence-electron chi connectivity index (χ2n) is 6.40. The van der Waals surface area contributed by atoms with Gasteiger partial charge in [0.2, 0.25) is 6.33 Å². The summed E-state index contributed by atoms with van der Waals surface area (Å²) in [6.07, 6.45) is 2.00. The van der Waals surface area contributed by atoms with Gasteiger partial charge < -0.3 is 29.3 Å². The molecule has 1 aromatic heterocycles. The molecule has 6 heteroatoms. The van der Waals surface area contributed by atoms with E-state index in [1.165, 1.54) is 5.56 Å². The third kappa shape index (κ3) is 4.72. The number of anilines is 1. The molecule has 1 N–H and O–H groups in total. The molecule has 3 aromatic carbocycles. The van der Waals surface area contributed by atoms with Crippen molar-refractivity contribution in [1.82, 2.24) is 4.57 Å². The summed E-state index contributed by atoms with van der Waals surface area (Å²) in [6, 6.07) is 25.6. The van der Waals surface area contributed by atoms with Crippen LogP contribution in [0.3, 0.4) is 0 Å². The average molecular weight is 504 g/mol. The number of fused-ring (bicyclic) bond motifs is 1. The number of nitrogens with zero attached hydrogens (tertiary/aromatic N) is 2. The SMILES string of the molecule is O=C(Cn1c[n+](Cc2ccccc2)c2ccccc21)Nc1cccc(Cl)c1.[I-]. The Hall–Kier alpha value is -2.38. The van der Waals surface area contributed by atoms with Gasteiger partial charge in [-0.25, -0.2) is 9.13 Å². The van der Waals surface area contributed by atoms with Gasteiger partial charge in [0, 0.05) is 10.7 Å². The van der Waals surface area contributed by atoms with E-state index in [1.54, 1.807) is 12.1 Å². The van der Waals surface area contributed by atoms with Gasteiger partial charge in [0.15, 0.2) is 17.6 Å². The molecule has 0 aliphatic heterocycles. The first kappa shape index (κ1) is 20.4. The van der Waals surface area contributed by atoms with Crippen LogP contribution in [-0.2, 0) is 17.9 Å². The van der Waals surface area contributed by atoms with E-state index >= 15 is 0 Å². The van der Waals surface area contributed by atoms with Crippen molar-refractivity contribution >= 4 is 34.2 Å². The number of rotatable bonds is 5. The Morgan fingerprint density at radius 2 is 1.71 bits per heavy atom. The smallest absolute Gasteiger partial charge is 0.266 e. The minimum Gasteiger partial charge on any atom is -1.00 e. The van der Waals surface area contributed by atoms with Crippen molar-refractivity contribution < 1.29 is 33.3 Å². The van der Waals surface area contributed by atoms with E-state index in [9.17, 15) is 4.79 Å². The molecule has 0 bridgehead atoms. The molecular weight excluding hydrogens is 485 g/mol. The second kappa shape index (κ2) is 9.21. The average Bonchev–Trinajstić information content (AvgIpc) is 3.00. The zero-order valence-corrected chi connectivity index (χ0v) is 18.0. The third-order valence-corrected chi connectivity index (χ3v) is 4.63. The topological polar surface area (TPSA) is 37.9 Å². The Morgan fingerprint density at radius 3 is 2.50 bits per heavy atom. The highest BCUT2D eigenvalue weighted by molar-refractivity contribution is 6.30. The molecule has 0 fully saturated rings. The molecule has 4 aromatic rings. The van der Waals surface area contributed by atoms with Crippen LogP contribution in [0.15, 0.2) is 85.2 Å². The van der Waals surface area contributed by atoms with Gasteiger partial charge in [-0.2, -0.15) is 0 Å². The molecule has 0 spiro atoms. The maximum atomic E-state index is 12.5. The van der Waals surface area contributed by atoms with E-state index in [2.05, 4.69) is 28.1 Å². The quantitative estimate of drug-likeness (QED) is 0.323. The number of hydrogen-bond acceptors (Lipinski definition) is 1. The van der Waals surface area contributed by atoms with Gasteiger partial charge in [-0.15, -0.1) is 0 Å². The summed E-state index contributed by atoms with van der Waals surface area (Å²) < 4.78 is 4.13. The summed E-state index contributed by atoms with van der Waals surface area (Å²) in [5.74, 6) is -0.0927. The number of benzene rings is 3. The first-order valence-corrected chi connectivity index (χ1v) is 9.13. The van der Waals surface area contributed by atoms with Crippen LogP contribution in [0.25, 0.3) is 11.0 Å². The lowest BCUT2D eigenvalue weighted by Gasteiger charge is -2.04. The maximum Gasteiger partial charge on any atom is 0.266 e. The Morgan fingerprint density at radius 1 is 0.964 bits per heavy atom. The van der Waals surface area contributed by atoms with Gasteiger partial charge >= 0.3 is 0 Å². The van der Waals surface area contributed by atoms with Crippen LogP contribution in [0.5, 0.6) is 0 Å². The highest BCUT2D eigenvalue weighted by atomic mass is 127. The van der Waals surface area contributed by atoms with Gasteiger partial charge in [-0.1, -0.05) is 60.1 Å². The number of nitrogens with one attached hydrogen (secondary N) is 1. The predicted octanol–water partition coefficient (Wildman–Crippen LogP) is 1.27. The molecule has 1 amide bonds. The Bertz CT molecular complexity index is 1100. The van der Waals surface area contributed by atoms with E-state index in [0.29, 0.717) is 10.7 Å². The first-order valence-electron chi connectivity index (χ1n) is 8.76. The van der Waals surface area contributed by atoms with Crippen molar-refractivity contribution in [1.29, 1.82) is 0 Å². The zero-order valence-electron chi connectivity index (χ0n) is 15.1. The van der Waals surface area contributed by atoms with Crippen molar-refractivity contribution in [3.8, 4) is 0 Å². The first-order chi connectivity index (χ1) is 13.2. The van der Waals surface area contributed by atoms with Crippen molar-refractivity contribution in [2.75, 3.05) is 5.32 Å². The standard InChI is InChI=1S/C22H18ClN3O.HI/c23-18-9-6-10-19(13-18)24-22(27)15-26-16-25(14-17-7-2-1-3-8-17)20-11-4-5-12-21(20)26;/h1-13,16H,14-15H2;1H. The number of imidazole rings is 1. The van der Waals surface area contributed by atoms with E-state index in [0.717, 1.165) is 17.6 Å². The van der Waals surface area contributed by atoms with Gasteiger partial charge in [-0.3, -0.25) is 4.79 Å². The van der Waals surface area contributed by atoms with Crippen LogP contribution in [-0.4, -0.2) is 10.5 Å². The predicted molar refractivity (Wildman–Crippen MR) is 108 cm³/mol. The fourth-order valence-corrected chi connectivity index (χ4v) is 3.39. The molecule has 4 rings (SSSR count). The van der Waals surface area contributed by atoms with Crippen LogP contribution in [0.4, 0.5) is 5.69 Å². The highest BCUT2D eigenvalue weighted by Gasteiger charge is 2.18. The fourth-order valence-electron chi connectivity index (χ4n) is 3.20. The molecular formula is C22H19ClIN3O. The minimum atomic E-state index is -0.0927. The van der Waals surface area contributed by atoms with E-state index in [1.807, 2.05) is 59.4 Å². The van der Waals surface area contributed by atoms with Gasteiger partial charge in [0.25, 0.3) is 5.91 Å². The summed E-state index contributed by atoms with van der Waals surface area (Å²) in [5.41, 5.74) is 4.03. The molecule has 0 saturated heterocycles. The van der Waals surface area contributed by atoms with Crippen molar-refractivity contribution in [2.24, 2.45) is 0 Å². The normalized spacial score (nSPS) is 10.5. The number of para-hydroxylation sites is 2. The van der Waals surface area contributed by atoms with Gasteiger partial charge in [0.1, 0.15) is 6.54 Å². The third-order valence-electron chi connectivity index (χ3n) is 4.40. The van der Waals surface area contributed by atoms with Crippen molar-refractivity contribution in [3.63, 3.8) is 0 Å².